The smallest absolute Gasteiger partial charge is 0.124 e. The summed E-state index contributed by atoms with van der Waals surface area (Å²) >= 11 is 4.92. The molecule has 0 spiro atoms. The first-order chi connectivity index (χ1) is 9.45. The van der Waals surface area contributed by atoms with Crippen molar-refractivity contribution >= 4 is 17.2 Å². The number of piperidine rings is 1. The Morgan fingerprint density at radius 1 is 1.40 bits per heavy atom. The maximum Gasteiger partial charge on any atom is 0.124 e. The predicted octanol–water partition coefficient (Wildman–Crippen LogP) is 1.99. The van der Waals surface area contributed by atoms with E-state index in [9.17, 15) is 4.39 Å². The Hall–Kier alpha value is -1.04. The van der Waals surface area contributed by atoms with Gasteiger partial charge in [-0.3, -0.25) is 4.90 Å². The first-order valence-corrected chi connectivity index (χ1v) is 7.34. The van der Waals surface area contributed by atoms with Crippen molar-refractivity contribution in [3.05, 3.63) is 35.1 Å². The molecule has 20 heavy (non-hydrogen) atoms. The average molecular weight is 295 g/mol. The zero-order chi connectivity index (χ0) is 14.7. The topological polar surface area (TPSA) is 32.5 Å². The van der Waals surface area contributed by atoms with E-state index < -0.39 is 0 Å². The number of rotatable bonds is 4. The molecule has 0 bridgehead atoms. The summed E-state index contributed by atoms with van der Waals surface area (Å²) < 4.78 is 13.6. The Labute approximate surface area is 125 Å². The number of nitrogens with two attached hydrogens (primary N) is 1. The highest BCUT2D eigenvalue weighted by molar-refractivity contribution is 7.80. The van der Waals surface area contributed by atoms with E-state index in [0.717, 1.165) is 38.0 Å². The molecule has 5 heteroatoms. The van der Waals surface area contributed by atoms with Crippen LogP contribution in [0.5, 0.6) is 0 Å². The van der Waals surface area contributed by atoms with E-state index in [1.54, 1.807) is 6.07 Å². The first kappa shape index (κ1) is 15.4. The molecular formula is C15H22FN3S. The molecule has 1 fully saturated rings. The van der Waals surface area contributed by atoms with Crippen LogP contribution in [0, 0.1) is 5.82 Å². The molecule has 0 unspecified atom stereocenters. The highest BCUT2D eigenvalue weighted by Gasteiger charge is 2.20. The number of hydrogen-bond acceptors (Lipinski definition) is 3. The van der Waals surface area contributed by atoms with Gasteiger partial charge < -0.3 is 10.6 Å². The van der Waals surface area contributed by atoms with Crippen LogP contribution in [-0.4, -0.2) is 48.0 Å². The van der Waals surface area contributed by atoms with Crippen LogP contribution >= 0.6 is 12.2 Å². The fourth-order valence-electron chi connectivity index (χ4n) is 2.74. The fraction of sp³-hybridized carbons (Fsp3) is 0.533. The van der Waals surface area contributed by atoms with E-state index >= 15 is 0 Å². The summed E-state index contributed by atoms with van der Waals surface area (Å²) in [6.45, 7) is 2.97. The van der Waals surface area contributed by atoms with Crippen molar-refractivity contribution in [3.63, 3.8) is 0 Å². The van der Waals surface area contributed by atoms with Gasteiger partial charge in [-0.05, 0) is 63.8 Å². The van der Waals surface area contributed by atoms with E-state index in [0.29, 0.717) is 11.6 Å². The lowest BCUT2D eigenvalue weighted by Gasteiger charge is -2.35. The molecule has 1 heterocycles. The lowest BCUT2D eigenvalue weighted by Crippen LogP contribution is -2.41. The fourth-order valence-corrected chi connectivity index (χ4v) is 2.85. The maximum atomic E-state index is 13.6. The molecule has 3 nitrogen and oxygen atoms in total. The Balaban J connectivity index is 2.03. The van der Waals surface area contributed by atoms with Gasteiger partial charge in [-0.2, -0.15) is 0 Å². The summed E-state index contributed by atoms with van der Waals surface area (Å²) in [5, 5.41) is 0. The normalized spacial score (nSPS) is 17.6. The van der Waals surface area contributed by atoms with Gasteiger partial charge in [-0.1, -0.05) is 12.2 Å². The number of benzene rings is 1. The quantitative estimate of drug-likeness (QED) is 0.861. The van der Waals surface area contributed by atoms with Crippen molar-refractivity contribution < 1.29 is 4.39 Å². The molecular weight excluding hydrogens is 273 g/mol. The third kappa shape index (κ3) is 3.98. The van der Waals surface area contributed by atoms with Crippen molar-refractivity contribution in [2.45, 2.75) is 25.4 Å². The zero-order valence-corrected chi connectivity index (χ0v) is 12.9. The molecule has 0 radical (unpaired) electrons. The van der Waals surface area contributed by atoms with Gasteiger partial charge in [0.05, 0.1) is 0 Å². The number of nitrogens with zero attached hydrogens (tertiary/aromatic N) is 2. The summed E-state index contributed by atoms with van der Waals surface area (Å²) in [5.41, 5.74) is 7.11. The lowest BCUT2D eigenvalue weighted by atomic mass is 10.0. The molecule has 1 aliphatic heterocycles. The largest absolute Gasteiger partial charge is 0.389 e. The first-order valence-electron chi connectivity index (χ1n) is 6.94. The van der Waals surface area contributed by atoms with Crippen LogP contribution in [-0.2, 0) is 6.54 Å². The van der Waals surface area contributed by atoms with Gasteiger partial charge in [0.2, 0.25) is 0 Å². The van der Waals surface area contributed by atoms with Crippen LogP contribution in [0.3, 0.4) is 0 Å². The summed E-state index contributed by atoms with van der Waals surface area (Å²) in [7, 11) is 4.25. The van der Waals surface area contributed by atoms with Gasteiger partial charge >= 0.3 is 0 Å². The highest BCUT2D eigenvalue weighted by Crippen LogP contribution is 2.18. The molecule has 110 valence electrons. The molecule has 1 saturated heterocycles. The molecule has 1 aromatic rings. The van der Waals surface area contributed by atoms with Gasteiger partial charge in [0.1, 0.15) is 10.8 Å². The van der Waals surface area contributed by atoms with Crippen molar-refractivity contribution in [2.75, 3.05) is 27.2 Å². The molecule has 1 aromatic carbocycles. The van der Waals surface area contributed by atoms with Crippen LogP contribution in [0.2, 0.25) is 0 Å². The summed E-state index contributed by atoms with van der Waals surface area (Å²) in [6, 6.07) is 5.40. The van der Waals surface area contributed by atoms with Gasteiger partial charge in [-0.15, -0.1) is 0 Å². The number of hydrogen-bond donors (Lipinski definition) is 1. The molecule has 1 aliphatic rings. The lowest BCUT2D eigenvalue weighted by molar-refractivity contribution is 0.139. The molecule has 2 N–H and O–H groups in total. The maximum absolute atomic E-state index is 13.6. The Morgan fingerprint density at radius 3 is 2.65 bits per heavy atom. The second kappa shape index (κ2) is 6.61. The predicted molar refractivity (Wildman–Crippen MR) is 84.3 cm³/mol. The van der Waals surface area contributed by atoms with Crippen LogP contribution < -0.4 is 5.73 Å². The van der Waals surface area contributed by atoms with Gasteiger partial charge in [0.25, 0.3) is 0 Å². The Morgan fingerprint density at radius 2 is 2.05 bits per heavy atom. The van der Waals surface area contributed by atoms with Crippen LogP contribution in [0.15, 0.2) is 18.2 Å². The number of likely N-dealkylation sites (tertiary alicyclic amines) is 1. The van der Waals surface area contributed by atoms with Crippen molar-refractivity contribution in [3.8, 4) is 0 Å². The van der Waals surface area contributed by atoms with Crippen LogP contribution in [0.1, 0.15) is 24.0 Å². The standard InChI is InChI=1S/C15H22FN3S/c1-18-5-3-14(4-6-18)19(2)10-11-7-12(15(17)20)9-13(16)8-11/h7-9,14H,3-6,10H2,1-2H3,(H2,17,20). The van der Waals surface area contributed by atoms with E-state index in [2.05, 4.69) is 23.9 Å². The molecule has 0 amide bonds. The van der Waals surface area contributed by atoms with Crippen molar-refractivity contribution in [2.24, 2.45) is 5.73 Å². The zero-order valence-electron chi connectivity index (χ0n) is 12.1. The number of halogens is 1. The second-order valence-electron chi connectivity index (χ2n) is 5.66. The summed E-state index contributed by atoms with van der Waals surface area (Å²) in [4.78, 5) is 4.88. The van der Waals surface area contributed by atoms with Crippen LogP contribution in [0.4, 0.5) is 4.39 Å². The molecule has 0 aliphatic carbocycles. The average Bonchev–Trinajstić information content (AvgIpc) is 2.38. The van der Waals surface area contributed by atoms with Crippen LogP contribution in [0.25, 0.3) is 0 Å². The monoisotopic (exact) mass is 295 g/mol. The third-order valence-corrected chi connectivity index (χ3v) is 4.22. The SMILES string of the molecule is CN1CCC(N(C)Cc2cc(F)cc(C(N)=S)c2)CC1. The van der Waals surface area contributed by atoms with E-state index in [-0.39, 0.29) is 10.8 Å². The minimum Gasteiger partial charge on any atom is -0.389 e. The third-order valence-electron chi connectivity index (χ3n) is 3.99. The van der Waals surface area contributed by atoms with Gasteiger partial charge in [0, 0.05) is 18.2 Å². The molecule has 0 saturated carbocycles. The van der Waals surface area contributed by atoms with Crippen molar-refractivity contribution in [1.29, 1.82) is 0 Å². The van der Waals surface area contributed by atoms with E-state index in [1.165, 1.54) is 6.07 Å². The minimum atomic E-state index is -0.276. The highest BCUT2D eigenvalue weighted by atomic mass is 32.1. The van der Waals surface area contributed by atoms with Gasteiger partial charge in [0.15, 0.2) is 0 Å². The summed E-state index contributed by atoms with van der Waals surface area (Å²) in [5.74, 6) is -0.276. The number of thiocarbonyl (C=S) groups is 1. The van der Waals surface area contributed by atoms with Crippen molar-refractivity contribution in [1.82, 2.24) is 9.80 Å². The molecule has 0 atom stereocenters. The Bertz CT molecular complexity index is 484. The van der Waals surface area contributed by atoms with E-state index in [4.69, 9.17) is 18.0 Å². The molecule has 2 rings (SSSR count). The summed E-state index contributed by atoms with van der Waals surface area (Å²) in [6.07, 6.45) is 2.31. The Kier molecular flexibility index (Phi) is 5.07. The second-order valence-corrected chi connectivity index (χ2v) is 6.10. The molecule has 0 aromatic heterocycles. The van der Waals surface area contributed by atoms with Gasteiger partial charge in [-0.25, -0.2) is 4.39 Å². The minimum absolute atomic E-state index is 0.243. The van der Waals surface area contributed by atoms with E-state index in [1.807, 2.05) is 6.07 Å².